The molecular weight excluding hydrogens is 348 g/mol. The molecule has 0 aliphatic carbocycles. The van der Waals surface area contributed by atoms with Crippen LogP contribution in [0, 0.1) is 5.92 Å². The molecule has 0 saturated carbocycles. The average molecular weight is 377 g/mol. The Morgan fingerprint density at radius 1 is 1.00 bits per heavy atom. The summed E-state index contributed by atoms with van der Waals surface area (Å²) >= 11 is 5.94. The minimum atomic E-state index is 0.220. The highest BCUT2D eigenvalue weighted by Crippen LogP contribution is 2.27. The van der Waals surface area contributed by atoms with Crippen LogP contribution >= 0.6 is 11.6 Å². The van der Waals surface area contributed by atoms with E-state index in [2.05, 4.69) is 19.7 Å². The SMILES string of the molecule is O=C([C@H]1CCCN(C2CCN(c3ccc(Cl)cn3)CC2)C1)N1CCCC1. The summed E-state index contributed by atoms with van der Waals surface area (Å²) in [5.41, 5.74) is 0. The molecule has 0 aromatic carbocycles. The van der Waals surface area contributed by atoms with E-state index < -0.39 is 0 Å². The fourth-order valence-corrected chi connectivity index (χ4v) is 4.86. The summed E-state index contributed by atoms with van der Waals surface area (Å²) in [4.78, 5) is 24.3. The van der Waals surface area contributed by atoms with Crippen molar-refractivity contribution in [3.63, 3.8) is 0 Å². The molecule has 3 fully saturated rings. The van der Waals surface area contributed by atoms with Gasteiger partial charge in [-0.15, -0.1) is 0 Å². The van der Waals surface area contributed by atoms with Gasteiger partial charge in [0.2, 0.25) is 5.91 Å². The molecule has 26 heavy (non-hydrogen) atoms. The lowest BCUT2D eigenvalue weighted by molar-refractivity contribution is -0.136. The van der Waals surface area contributed by atoms with Gasteiger partial charge in [-0.2, -0.15) is 0 Å². The fraction of sp³-hybridized carbons (Fsp3) is 0.700. The highest BCUT2D eigenvalue weighted by Gasteiger charge is 2.34. The van der Waals surface area contributed by atoms with Crippen LogP contribution in [0.15, 0.2) is 18.3 Å². The van der Waals surface area contributed by atoms with Crippen LogP contribution in [0.25, 0.3) is 0 Å². The van der Waals surface area contributed by atoms with E-state index in [1.807, 2.05) is 12.1 Å². The number of hydrogen-bond donors (Lipinski definition) is 0. The molecule has 4 heterocycles. The summed E-state index contributed by atoms with van der Waals surface area (Å²) in [6.45, 7) is 6.11. The maximum Gasteiger partial charge on any atom is 0.226 e. The molecular formula is C20H29ClN4O. The van der Waals surface area contributed by atoms with E-state index in [0.717, 1.165) is 70.8 Å². The van der Waals surface area contributed by atoms with Crippen LogP contribution in [0.2, 0.25) is 5.02 Å². The Labute approximate surface area is 161 Å². The Balaban J connectivity index is 1.31. The summed E-state index contributed by atoms with van der Waals surface area (Å²) in [5.74, 6) is 1.65. The molecule has 1 amide bonds. The number of nitrogens with zero attached hydrogens (tertiary/aromatic N) is 4. The van der Waals surface area contributed by atoms with E-state index >= 15 is 0 Å². The molecule has 3 saturated heterocycles. The summed E-state index contributed by atoms with van der Waals surface area (Å²) < 4.78 is 0. The Morgan fingerprint density at radius 3 is 2.46 bits per heavy atom. The lowest BCUT2D eigenvalue weighted by Gasteiger charge is -2.42. The normalized spacial score (nSPS) is 25.7. The van der Waals surface area contributed by atoms with E-state index in [0.29, 0.717) is 17.0 Å². The number of piperidine rings is 2. The predicted octanol–water partition coefficient (Wildman–Crippen LogP) is 3.04. The van der Waals surface area contributed by atoms with Gasteiger partial charge in [0, 0.05) is 45.0 Å². The molecule has 1 aromatic heterocycles. The lowest BCUT2D eigenvalue weighted by Crippen LogP contribution is -2.51. The quantitative estimate of drug-likeness (QED) is 0.812. The largest absolute Gasteiger partial charge is 0.357 e. The number of hydrogen-bond acceptors (Lipinski definition) is 4. The van der Waals surface area contributed by atoms with E-state index in [9.17, 15) is 4.79 Å². The van der Waals surface area contributed by atoms with Crippen molar-refractivity contribution >= 4 is 23.3 Å². The second-order valence-electron chi connectivity index (χ2n) is 7.92. The van der Waals surface area contributed by atoms with Gasteiger partial charge in [-0.05, 0) is 57.2 Å². The molecule has 5 nitrogen and oxygen atoms in total. The second-order valence-corrected chi connectivity index (χ2v) is 8.36. The van der Waals surface area contributed by atoms with Crippen LogP contribution < -0.4 is 4.90 Å². The summed E-state index contributed by atoms with van der Waals surface area (Å²) in [7, 11) is 0. The second kappa shape index (κ2) is 8.13. The van der Waals surface area contributed by atoms with Crippen LogP contribution in [0.3, 0.4) is 0 Å². The Bertz CT molecular complexity index is 609. The molecule has 0 unspecified atom stereocenters. The molecule has 6 heteroatoms. The number of carbonyl (C=O) groups excluding carboxylic acids is 1. The van der Waals surface area contributed by atoms with Crippen molar-refractivity contribution in [2.24, 2.45) is 5.92 Å². The third kappa shape index (κ3) is 3.99. The minimum Gasteiger partial charge on any atom is -0.357 e. The molecule has 0 radical (unpaired) electrons. The third-order valence-electron chi connectivity index (χ3n) is 6.24. The van der Waals surface area contributed by atoms with Crippen molar-refractivity contribution in [1.29, 1.82) is 0 Å². The van der Waals surface area contributed by atoms with Gasteiger partial charge in [0.1, 0.15) is 5.82 Å². The monoisotopic (exact) mass is 376 g/mol. The lowest BCUT2D eigenvalue weighted by atomic mass is 9.93. The maximum absolute atomic E-state index is 12.8. The van der Waals surface area contributed by atoms with Gasteiger partial charge in [-0.3, -0.25) is 9.69 Å². The van der Waals surface area contributed by atoms with Crippen molar-refractivity contribution in [2.45, 2.75) is 44.6 Å². The van der Waals surface area contributed by atoms with Crippen LogP contribution in [0.1, 0.15) is 38.5 Å². The van der Waals surface area contributed by atoms with Crippen molar-refractivity contribution in [3.05, 3.63) is 23.4 Å². The predicted molar refractivity (Wildman–Crippen MR) is 105 cm³/mol. The van der Waals surface area contributed by atoms with E-state index in [4.69, 9.17) is 11.6 Å². The number of anilines is 1. The summed E-state index contributed by atoms with van der Waals surface area (Å²) in [5, 5.41) is 0.686. The summed E-state index contributed by atoms with van der Waals surface area (Å²) in [6.07, 6.45) is 8.60. The first-order valence-corrected chi connectivity index (χ1v) is 10.5. The molecule has 0 N–H and O–H groups in total. The maximum atomic E-state index is 12.8. The van der Waals surface area contributed by atoms with Crippen molar-refractivity contribution in [1.82, 2.24) is 14.8 Å². The molecule has 0 bridgehead atoms. The molecule has 1 atom stereocenters. The number of halogens is 1. The Morgan fingerprint density at radius 2 is 1.77 bits per heavy atom. The van der Waals surface area contributed by atoms with Crippen LogP contribution in [-0.4, -0.2) is 66.0 Å². The standard InChI is InChI=1S/C20H29ClN4O/c21-17-5-6-19(22-14-17)23-12-7-18(8-13-23)25-11-3-4-16(15-25)20(26)24-9-1-2-10-24/h5-6,14,16,18H,1-4,7-13,15H2/t16-/m0/s1. The Hall–Kier alpha value is -1.33. The molecule has 4 rings (SSSR count). The number of likely N-dealkylation sites (tertiary alicyclic amines) is 2. The van der Waals surface area contributed by atoms with E-state index in [1.165, 1.54) is 12.8 Å². The molecule has 3 aliphatic heterocycles. The first-order valence-electron chi connectivity index (χ1n) is 10.1. The molecule has 3 aliphatic rings. The van der Waals surface area contributed by atoms with Crippen LogP contribution in [0.4, 0.5) is 5.82 Å². The topological polar surface area (TPSA) is 39.7 Å². The van der Waals surface area contributed by atoms with Gasteiger partial charge in [-0.25, -0.2) is 4.98 Å². The first-order chi connectivity index (χ1) is 12.7. The number of aromatic nitrogens is 1. The zero-order valence-electron chi connectivity index (χ0n) is 15.4. The van der Waals surface area contributed by atoms with E-state index in [1.54, 1.807) is 6.20 Å². The third-order valence-corrected chi connectivity index (χ3v) is 6.46. The minimum absolute atomic E-state index is 0.220. The van der Waals surface area contributed by atoms with Crippen LogP contribution in [-0.2, 0) is 4.79 Å². The molecule has 0 spiro atoms. The Kier molecular flexibility index (Phi) is 5.65. The summed E-state index contributed by atoms with van der Waals surface area (Å²) in [6, 6.07) is 4.52. The van der Waals surface area contributed by atoms with E-state index in [-0.39, 0.29) is 5.92 Å². The highest BCUT2D eigenvalue weighted by atomic mass is 35.5. The molecule has 142 valence electrons. The average Bonchev–Trinajstić information content (AvgIpc) is 3.23. The number of amides is 1. The van der Waals surface area contributed by atoms with Crippen LogP contribution in [0.5, 0.6) is 0 Å². The zero-order valence-corrected chi connectivity index (χ0v) is 16.2. The van der Waals surface area contributed by atoms with Crippen molar-refractivity contribution < 1.29 is 4.79 Å². The van der Waals surface area contributed by atoms with Gasteiger partial charge in [0.25, 0.3) is 0 Å². The first kappa shape index (κ1) is 18.1. The highest BCUT2D eigenvalue weighted by molar-refractivity contribution is 6.30. The van der Waals surface area contributed by atoms with Crippen molar-refractivity contribution in [2.75, 3.05) is 44.2 Å². The smallest absolute Gasteiger partial charge is 0.226 e. The van der Waals surface area contributed by atoms with Gasteiger partial charge in [0.05, 0.1) is 10.9 Å². The van der Waals surface area contributed by atoms with Gasteiger partial charge >= 0.3 is 0 Å². The number of pyridine rings is 1. The molecule has 1 aromatic rings. The number of rotatable bonds is 3. The van der Waals surface area contributed by atoms with Crippen molar-refractivity contribution in [3.8, 4) is 0 Å². The van der Waals surface area contributed by atoms with Gasteiger partial charge in [0.15, 0.2) is 0 Å². The zero-order chi connectivity index (χ0) is 17.9. The number of carbonyl (C=O) groups is 1. The van der Waals surface area contributed by atoms with Gasteiger partial charge < -0.3 is 9.80 Å². The fourth-order valence-electron chi connectivity index (χ4n) is 4.75. The van der Waals surface area contributed by atoms with Gasteiger partial charge in [-0.1, -0.05) is 11.6 Å².